The summed E-state index contributed by atoms with van der Waals surface area (Å²) in [4.78, 5) is 42.0. The van der Waals surface area contributed by atoms with Crippen molar-refractivity contribution in [2.75, 3.05) is 29.9 Å². The van der Waals surface area contributed by atoms with Crippen LogP contribution in [-0.2, 0) is 14.4 Å². The van der Waals surface area contributed by atoms with Gasteiger partial charge in [-0.15, -0.1) is 0 Å². The number of carbonyl (C=O) groups excluding carboxylic acids is 3. The molecule has 0 spiro atoms. The third-order valence-corrected chi connectivity index (χ3v) is 8.31. The zero-order valence-corrected chi connectivity index (χ0v) is 23.5. The van der Waals surface area contributed by atoms with Crippen LogP contribution in [0.5, 0.6) is 0 Å². The molecule has 1 saturated carbocycles. The van der Waals surface area contributed by atoms with Gasteiger partial charge in [0.15, 0.2) is 0 Å². The zero-order valence-electron chi connectivity index (χ0n) is 23.5. The van der Waals surface area contributed by atoms with Crippen LogP contribution in [-0.4, -0.2) is 53.1 Å². The van der Waals surface area contributed by atoms with Crippen LogP contribution in [0.15, 0.2) is 40.2 Å². The van der Waals surface area contributed by atoms with Crippen LogP contribution in [0.3, 0.4) is 0 Å². The molecule has 1 aromatic rings. The van der Waals surface area contributed by atoms with Crippen molar-refractivity contribution in [1.29, 1.82) is 0 Å². The molecule has 0 aromatic heterocycles. The molecule has 38 heavy (non-hydrogen) atoms. The van der Waals surface area contributed by atoms with Crippen LogP contribution >= 0.6 is 0 Å². The molecule has 2 amide bonds. The number of rotatable bonds is 9. The summed E-state index contributed by atoms with van der Waals surface area (Å²) in [6, 6.07) is 5.50. The molecule has 204 valence electrons. The van der Waals surface area contributed by atoms with Crippen molar-refractivity contribution in [3.05, 3.63) is 40.7 Å². The second-order valence-corrected chi connectivity index (χ2v) is 11.1. The van der Waals surface area contributed by atoms with E-state index in [0.717, 1.165) is 44.5 Å². The molecule has 0 bridgehead atoms. The highest BCUT2D eigenvalue weighted by atomic mass is 16.3. The topological polar surface area (TPSA) is 102 Å². The molecule has 3 aliphatic rings. The molecule has 0 unspecified atom stereocenters. The van der Waals surface area contributed by atoms with Gasteiger partial charge in [0.1, 0.15) is 5.76 Å². The number of aliphatic hydroxyl groups excluding tert-OH is 1. The molecule has 8 heteroatoms. The number of amides is 2. The first-order chi connectivity index (χ1) is 18.0. The lowest BCUT2D eigenvalue weighted by atomic mass is 9.79. The summed E-state index contributed by atoms with van der Waals surface area (Å²) in [6.45, 7) is 13.6. The first kappa shape index (κ1) is 27.6. The van der Waals surface area contributed by atoms with Crippen molar-refractivity contribution in [3.8, 4) is 0 Å². The molecule has 0 radical (unpaired) electrons. The van der Waals surface area contributed by atoms with Crippen LogP contribution in [0, 0.1) is 11.3 Å². The van der Waals surface area contributed by atoms with Crippen molar-refractivity contribution in [2.45, 2.75) is 73.6 Å². The molecular formula is C30H40N4O4. The number of nitrogens with one attached hydrogen (secondary N) is 1. The van der Waals surface area contributed by atoms with Gasteiger partial charge < -0.3 is 15.3 Å². The number of hydrogen-bond donors (Lipinski definition) is 2. The SMILES string of the molecule is CCN(CC)c1ccc(C2=C(O)/C(=C3\C(=O)N(CC4CCCC4)N=C3C)C2=O)c(NC(=O)C(C)(C)CC)c1. The van der Waals surface area contributed by atoms with Gasteiger partial charge in [-0.2, -0.15) is 5.10 Å². The maximum absolute atomic E-state index is 13.5. The van der Waals surface area contributed by atoms with Crippen LogP contribution in [0.2, 0.25) is 0 Å². The van der Waals surface area contributed by atoms with Crippen LogP contribution in [0.1, 0.15) is 79.2 Å². The molecule has 2 N–H and O–H groups in total. The fourth-order valence-electron chi connectivity index (χ4n) is 5.38. The maximum Gasteiger partial charge on any atom is 0.276 e. The van der Waals surface area contributed by atoms with Crippen molar-refractivity contribution < 1.29 is 19.5 Å². The third-order valence-electron chi connectivity index (χ3n) is 8.31. The Morgan fingerprint density at radius 2 is 1.76 bits per heavy atom. The Hall–Kier alpha value is -3.42. The lowest BCUT2D eigenvalue weighted by Crippen LogP contribution is -2.32. The molecular weight excluding hydrogens is 480 g/mol. The Morgan fingerprint density at radius 3 is 2.34 bits per heavy atom. The number of aliphatic hydroxyl groups is 1. The Balaban J connectivity index is 1.72. The number of anilines is 2. The average molecular weight is 521 g/mol. The number of ketones is 1. The highest BCUT2D eigenvalue weighted by Gasteiger charge is 2.44. The smallest absolute Gasteiger partial charge is 0.276 e. The molecule has 8 nitrogen and oxygen atoms in total. The Morgan fingerprint density at radius 1 is 1.11 bits per heavy atom. The highest BCUT2D eigenvalue weighted by Crippen LogP contribution is 2.43. The Bertz CT molecular complexity index is 1250. The number of Topliss-reactive ketones (excluding diaryl/α,β-unsaturated/α-hetero) is 1. The van der Waals surface area contributed by atoms with E-state index in [1.54, 1.807) is 13.0 Å². The van der Waals surface area contributed by atoms with Crippen molar-refractivity contribution in [1.82, 2.24) is 5.01 Å². The van der Waals surface area contributed by atoms with Gasteiger partial charge in [0.05, 0.1) is 28.1 Å². The standard InChI is InChI=1S/C30H40N4O4/c1-7-30(5,6)29(38)31-22-16-20(33(8-2)9-3)14-15-21(22)24-26(35)25(27(24)36)23-18(4)32-34(28(23)37)17-19-12-10-11-13-19/h14-16,19,35H,7-13,17H2,1-6H3,(H,31,38)/b25-23+. The van der Waals surface area contributed by atoms with E-state index in [0.29, 0.717) is 35.8 Å². The maximum atomic E-state index is 13.5. The van der Waals surface area contributed by atoms with Gasteiger partial charge in [-0.1, -0.05) is 33.6 Å². The van der Waals surface area contributed by atoms with Gasteiger partial charge in [0.2, 0.25) is 11.7 Å². The number of carbonyl (C=O) groups is 3. The van der Waals surface area contributed by atoms with Crippen molar-refractivity contribution in [2.24, 2.45) is 16.4 Å². The highest BCUT2D eigenvalue weighted by molar-refractivity contribution is 6.44. The van der Waals surface area contributed by atoms with Crippen molar-refractivity contribution in [3.63, 3.8) is 0 Å². The molecule has 0 atom stereocenters. The normalized spacial score (nSPS) is 20.3. The third kappa shape index (κ3) is 4.88. The van der Waals surface area contributed by atoms with E-state index in [9.17, 15) is 19.5 Å². The van der Waals surface area contributed by atoms with Crippen LogP contribution in [0.25, 0.3) is 5.57 Å². The fraction of sp³-hybridized carbons (Fsp3) is 0.533. The summed E-state index contributed by atoms with van der Waals surface area (Å²) >= 11 is 0. The van der Waals surface area contributed by atoms with E-state index in [1.807, 2.05) is 32.9 Å². The van der Waals surface area contributed by atoms with Gasteiger partial charge in [-0.25, -0.2) is 5.01 Å². The van der Waals surface area contributed by atoms with Gasteiger partial charge in [-0.3, -0.25) is 14.4 Å². The van der Waals surface area contributed by atoms with Gasteiger partial charge in [0.25, 0.3) is 5.91 Å². The summed E-state index contributed by atoms with van der Waals surface area (Å²) in [6.07, 6.45) is 5.12. The molecule has 1 fully saturated rings. The Kier molecular flexibility index (Phi) is 7.81. The lowest BCUT2D eigenvalue weighted by Gasteiger charge is -2.28. The van der Waals surface area contributed by atoms with Crippen LogP contribution < -0.4 is 10.2 Å². The minimum atomic E-state index is -0.609. The summed E-state index contributed by atoms with van der Waals surface area (Å²) in [7, 11) is 0. The molecule has 2 aliphatic carbocycles. The summed E-state index contributed by atoms with van der Waals surface area (Å²) < 4.78 is 0. The predicted octanol–water partition coefficient (Wildman–Crippen LogP) is 5.46. The van der Waals surface area contributed by atoms with Gasteiger partial charge in [-0.05, 0) is 64.2 Å². The zero-order chi connectivity index (χ0) is 27.8. The van der Waals surface area contributed by atoms with E-state index in [1.165, 1.54) is 5.01 Å². The largest absolute Gasteiger partial charge is 0.506 e. The lowest BCUT2D eigenvalue weighted by molar-refractivity contribution is -0.126. The first-order valence-corrected chi connectivity index (χ1v) is 13.8. The average Bonchev–Trinajstić information content (AvgIpc) is 3.50. The second-order valence-electron chi connectivity index (χ2n) is 11.1. The van der Waals surface area contributed by atoms with Gasteiger partial charge >= 0.3 is 0 Å². The van der Waals surface area contributed by atoms with Crippen molar-refractivity contribution >= 4 is 40.3 Å². The van der Waals surface area contributed by atoms with E-state index in [-0.39, 0.29) is 34.3 Å². The first-order valence-electron chi connectivity index (χ1n) is 13.8. The molecule has 1 heterocycles. The number of benzene rings is 1. The summed E-state index contributed by atoms with van der Waals surface area (Å²) in [5.74, 6) is -0.724. The number of nitrogens with zero attached hydrogens (tertiary/aromatic N) is 3. The van der Waals surface area contributed by atoms with E-state index < -0.39 is 11.2 Å². The quantitative estimate of drug-likeness (QED) is 0.421. The van der Waals surface area contributed by atoms with E-state index in [4.69, 9.17) is 0 Å². The molecule has 0 saturated heterocycles. The molecule has 1 aliphatic heterocycles. The summed E-state index contributed by atoms with van der Waals surface area (Å²) in [5, 5.41) is 20.0. The fourth-order valence-corrected chi connectivity index (χ4v) is 5.38. The van der Waals surface area contributed by atoms with Gasteiger partial charge in [0, 0.05) is 36.3 Å². The molecule has 1 aromatic carbocycles. The number of hydrazone groups is 1. The minimum Gasteiger partial charge on any atom is -0.506 e. The molecule has 4 rings (SSSR count). The van der Waals surface area contributed by atoms with Crippen LogP contribution in [0.4, 0.5) is 11.4 Å². The van der Waals surface area contributed by atoms with E-state index in [2.05, 4.69) is 29.2 Å². The number of hydrogen-bond acceptors (Lipinski definition) is 6. The van der Waals surface area contributed by atoms with E-state index >= 15 is 0 Å². The monoisotopic (exact) mass is 520 g/mol. The number of allylic oxidation sites excluding steroid dienone is 2. The Labute approximate surface area is 225 Å². The minimum absolute atomic E-state index is 0.0131. The summed E-state index contributed by atoms with van der Waals surface area (Å²) in [5.41, 5.74) is 1.94. The predicted molar refractivity (Wildman–Crippen MR) is 151 cm³/mol. The second kappa shape index (κ2) is 10.8.